The fourth-order valence-electron chi connectivity index (χ4n) is 6.61. The first kappa shape index (κ1) is 43.8. The minimum Gasteiger partial charge on any atom is -0.379 e. The molecule has 2 aliphatic heterocycles. The van der Waals surface area contributed by atoms with E-state index < -0.39 is 42.6 Å². The van der Waals surface area contributed by atoms with E-state index in [9.17, 15) is 0 Å². The smallest absolute Gasteiger partial charge is 0.187 e. The van der Waals surface area contributed by atoms with Crippen LogP contribution in [0.2, 0.25) is 0 Å². The van der Waals surface area contributed by atoms with Crippen LogP contribution in [0.3, 0.4) is 0 Å². The number of ether oxygens (including phenoxy) is 7. The number of nitrogens with two attached hydrogens (primary N) is 1. The SMILES string of the molecule is CCCCCCCCCCCCCC[C@H]1OC(C)(C)O[C@H]1[C@@H](N)CO[C@H]1OC(COCCCC)[C@@H](F)C(OCCCC)C1OCCCC. The molecule has 2 rings (SSSR count). The molecule has 2 saturated heterocycles. The normalized spacial score (nSPS) is 27.9. The second kappa shape index (κ2) is 26.4. The van der Waals surface area contributed by atoms with Gasteiger partial charge < -0.3 is 38.9 Å². The van der Waals surface area contributed by atoms with Gasteiger partial charge in [-0.15, -0.1) is 0 Å². The van der Waals surface area contributed by atoms with Gasteiger partial charge in [-0.3, -0.25) is 0 Å². The van der Waals surface area contributed by atoms with Crippen molar-refractivity contribution in [3.63, 3.8) is 0 Å². The highest BCUT2D eigenvalue weighted by Gasteiger charge is 2.49. The summed E-state index contributed by atoms with van der Waals surface area (Å²) in [6, 6.07) is -0.448. The van der Waals surface area contributed by atoms with E-state index in [-0.39, 0.29) is 25.4 Å². The Balaban J connectivity index is 1.93. The van der Waals surface area contributed by atoms with Crippen molar-refractivity contribution in [3.05, 3.63) is 0 Å². The molecule has 48 heavy (non-hydrogen) atoms. The van der Waals surface area contributed by atoms with Crippen LogP contribution in [0, 0.1) is 0 Å². The summed E-state index contributed by atoms with van der Waals surface area (Å²) in [6.07, 6.45) is 17.2. The Bertz CT molecular complexity index is 762. The molecule has 0 aromatic carbocycles. The van der Waals surface area contributed by atoms with Crippen LogP contribution >= 0.6 is 0 Å². The molecule has 0 bridgehead atoms. The Labute approximate surface area is 294 Å². The van der Waals surface area contributed by atoms with Gasteiger partial charge in [0, 0.05) is 19.8 Å². The van der Waals surface area contributed by atoms with Gasteiger partial charge >= 0.3 is 0 Å². The molecule has 2 aliphatic rings. The maximum Gasteiger partial charge on any atom is 0.187 e. The van der Waals surface area contributed by atoms with E-state index in [1.807, 2.05) is 13.8 Å². The van der Waals surface area contributed by atoms with E-state index in [4.69, 9.17) is 38.9 Å². The Kier molecular flexibility index (Phi) is 24.1. The van der Waals surface area contributed by atoms with E-state index in [1.165, 1.54) is 70.6 Å². The highest BCUT2D eigenvalue weighted by molar-refractivity contribution is 4.93. The van der Waals surface area contributed by atoms with Crippen LogP contribution in [0.25, 0.3) is 0 Å². The third-order valence-electron chi connectivity index (χ3n) is 9.55. The molecule has 0 aromatic rings. The third kappa shape index (κ3) is 17.2. The lowest BCUT2D eigenvalue weighted by Crippen LogP contribution is -2.60. The molecule has 0 radical (unpaired) electrons. The summed E-state index contributed by atoms with van der Waals surface area (Å²) < 4.78 is 59.4. The standard InChI is InChI=1S/C39H76FNO7/c1-7-11-15-16-17-18-19-20-21-22-23-24-25-32-35(48-39(5,6)47-32)31(41)29-45-38-37(44-28-14-10-4)36(43-27-13-9-3)34(40)33(46-38)30-42-26-12-8-2/h31-38H,7-30,41H2,1-6H3/t31-,32+,33?,34+,35-,36?,37?,38-/m0/s1. The molecule has 0 spiro atoms. The summed E-state index contributed by atoms with van der Waals surface area (Å²) in [7, 11) is 0. The number of hydrogen-bond acceptors (Lipinski definition) is 8. The maximum atomic E-state index is 15.9. The molecule has 8 nitrogen and oxygen atoms in total. The van der Waals surface area contributed by atoms with Gasteiger partial charge in [-0.25, -0.2) is 4.39 Å². The molecule has 0 aliphatic carbocycles. The van der Waals surface area contributed by atoms with Gasteiger partial charge in [0.1, 0.15) is 24.4 Å². The van der Waals surface area contributed by atoms with E-state index in [1.54, 1.807) is 0 Å². The van der Waals surface area contributed by atoms with E-state index in [0.717, 1.165) is 51.4 Å². The molecular formula is C39H76FNO7. The summed E-state index contributed by atoms with van der Waals surface area (Å²) in [5.74, 6) is -0.711. The van der Waals surface area contributed by atoms with Crippen molar-refractivity contribution < 1.29 is 37.5 Å². The lowest BCUT2D eigenvalue weighted by Gasteiger charge is -2.43. The van der Waals surface area contributed by atoms with Gasteiger partial charge in [-0.2, -0.15) is 0 Å². The third-order valence-corrected chi connectivity index (χ3v) is 9.55. The molecule has 0 aromatic heterocycles. The molecule has 2 N–H and O–H groups in total. The molecule has 3 unspecified atom stereocenters. The number of alkyl halides is 1. The molecule has 8 atom stereocenters. The first-order valence-electron chi connectivity index (χ1n) is 20.1. The maximum absolute atomic E-state index is 15.9. The molecule has 0 saturated carbocycles. The molecule has 2 fully saturated rings. The quantitative estimate of drug-likeness (QED) is 0.0747. The van der Waals surface area contributed by atoms with Crippen molar-refractivity contribution in [3.8, 4) is 0 Å². The van der Waals surface area contributed by atoms with E-state index >= 15 is 4.39 Å². The minimum absolute atomic E-state index is 0.106. The van der Waals surface area contributed by atoms with Crippen molar-refractivity contribution in [1.29, 1.82) is 0 Å². The Hall–Kier alpha value is -0.390. The summed E-state index contributed by atoms with van der Waals surface area (Å²) in [5.41, 5.74) is 6.76. The van der Waals surface area contributed by atoms with Gasteiger partial charge in [0.15, 0.2) is 18.2 Å². The van der Waals surface area contributed by atoms with Gasteiger partial charge in [-0.05, 0) is 39.5 Å². The van der Waals surface area contributed by atoms with Crippen molar-refractivity contribution in [2.45, 2.75) is 218 Å². The lowest BCUT2D eigenvalue weighted by atomic mass is 9.99. The zero-order chi connectivity index (χ0) is 35.0. The average molecular weight is 690 g/mol. The van der Waals surface area contributed by atoms with Crippen LogP contribution in [0.15, 0.2) is 0 Å². The van der Waals surface area contributed by atoms with Gasteiger partial charge in [0.05, 0.1) is 25.4 Å². The zero-order valence-electron chi connectivity index (χ0n) is 31.9. The molecule has 9 heteroatoms. The number of halogens is 1. The van der Waals surface area contributed by atoms with Crippen molar-refractivity contribution in [2.75, 3.05) is 33.0 Å². The molecule has 0 amide bonds. The fraction of sp³-hybridized carbons (Fsp3) is 1.00. The summed E-state index contributed by atoms with van der Waals surface area (Å²) in [5, 5.41) is 0. The number of rotatable bonds is 30. The summed E-state index contributed by atoms with van der Waals surface area (Å²) >= 11 is 0. The molecule has 2 heterocycles. The Morgan fingerprint density at radius 3 is 1.73 bits per heavy atom. The monoisotopic (exact) mass is 690 g/mol. The Morgan fingerprint density at radius 1 is 0.625 bits per heavy atom. The first-order chi connectivity index (χ1) is 23.3. The van der Waals surface area contributed by atoms with Crippen molar-refractivity contribution >= 4 is 0 Å². The van der Waals surface area contributed by atoms with E-state index in [2.05, 4.69) is 27.7 Å². The zero-order valence-corrected chi connectivity index (χ0v) is 31.9. The number of unbranched alkanes of at least 4 members (excludes halogenated alkanes) is 14. The average Bonchev–Trinajstić information content (AvgIpc) is 3.38. The largest absolute Gasteiger partial charge is 0.379 e. The van der Waals surface area contributed by atoms with E-state index in [0.29, 0.717) is 19.8 Å². The first-order valence-corrected chi connectivity index (χ1v) is 20.1. The highest BCUT2D eigenvalue weighted by atomic mass is 19.1. The van der Waals surface area contributed by atoms with Crippen LogP contribution in [0.1, 0.15) is 164 Å². The second-order valence-corrected chi connectivity index (χ2v) is 14.6. The van der Waals surface area contributed by atoms with Crippen LogP contribution in [-0.4, -0.2) is 87.8 Å². The van der Waals surface area contributed by atoms with Crippen LogP contribution in [-0.2, 0) is 33.2 Å². The van der Waals surface area contributed by atoms with Crippen LogP contribution < -0.4 is 5.73 Å². The van der Waals surface area contributed by atoms with Gasteiger partial charge in [0.2, 0.25) is 0 Å². The lowest BCUT2D eigenvalue weighted by molar-refractivity contribution is -0.310. The predicted molar refractivity (Wildman–Crippen MR) is 192 cm³/mol. The molecule has 286 valence electrons. The van der Waals surface area contributed by atoms with Crippen LogP contribution in [0.4, 0.5) is 4.39 Å². The van der Waals surface area contributed by atoms with Gasteiger partial charge in [-0.1, -0.05) is 124 Å². The molecular weight excluding hydrogens is 613 g/mol. The highest BCUT2D eigenvalue weighted by Crippen LogP contribution is 2.34. The van der Waals surface area contributed by atoms with Crippen molar-refractivity contribution in [2.24, 2.45) is 5.73 Å². The predicted octanol–water partition coefficient (Wildman–Crippen LogP) is 9.19. The summed E-state index contributed by atoms with van der Waals surface area (Å²) in [6.45, 7) is 14.2. The number of hydrogen-bond donors (Lipinski definition) is 1. The summed E-state index contributed by atoms with van der Waals surface area (Å²) in [4.78, 5) is 0. The Morgan fingerprint density at radius 2 is 1.15 bits per heavy atom. The fourth-order valence-corrected chi connectivity index (χ4v) is 6.61. The second-order valence-electron chi connectivity index (χ2n) is 14.6. The topological polar surface area (TPSA) is 90.6 Å². The van der Waals surface area contributed by atoms with Gasteiger partial charge in [0.25, 0.3) is 0 Å². The minimum atomic E-state index is -1.39. The van der Waals surface area contributed by atoms with Crippen molar-refractivity contribution in [1.82, 2.24) is 0 Å². The van der Waals surface area contributed by atoms with Crippen LogP contribution in [0.5, 0.6) is 0 Å².